The van der Waals surface area contributed by atoms with Crippen LogP contribution in [-0.2, 0) is 13.0 Å². The Bertz CT molecular complexity index is 508. The molecule has 2 heterocycles. The number of aromatic nitrogens is 1. The minimum Gasteiger partial charge on any atom is -0.496 e. The van der Waals surface area contributed by atoms with E-state index in [4.69, 9.17) is 15.6 Å². The number of methoxy groups -OCH3 is 1. The first-order valence-electron chi connectivity index (χ1n) is 6.30. The van der Waals surface area contributed by atoms with Gasteiger partial charge in [0, 0.05) is 18.3 Å². The number of aromatic carboxylic acids is 1. The fourth-order valence-electron chi connectivity index (χ4n) is 2.13. The van der Waals surface area contributed by atoms with Crippen molar-refractivity contribution in [2.45, 2.75) is 32.7 Å². The van der Waals surface area contributed by atoms with Crippen molar-refractivity contribution in [3.8, 4) is 5.75 Å². The van der Waals surface area contributed by atoms with E-state index in [9.17, 15) is 9.59 Å². The van der Waals surface area contributed by atoms with Gasteiger partial charge in [-0.05, 0) is 25.8 Å². The summed E-state index contributed by atoms with van der Waals surface area (Å²) in [4.78, 5) is 22.9. The Kier molecular flexibility index (Phi) is 5.57. The second-order valence-electron chi connectivity index (χ2n) is 4.19. The summed E-state index contributed by atoms with van der Waals surface area (Å²) in [6.07, 6.45) is 2.44. The number of hydrogen-bond donors (Lipinski definition) is 2. The molecule has 0 spiro atoms. The third-order valence-electron chi connectivity index (χ3n) is 2.86. The molecule has 0 fully saturated rings. The fraction of sp³-hybridized carbons (Fsp3) is 0.538. The molecule has 0 unspecified atom stereocenters. The van der Waals surface area contributed by atoms with E-state index >= 15 is 0 Å². The van der Waals surface area contributed by atoms with Crippen LogP contribution in [0.2, 0.25) is 0 Å². The highest BCUT2D eigenvalue weighted by Crippen LogP contribution is 2.24. The molecule has 0 aliphatic carbocycles. The van der Waals surface area contributed by atoms with Crippen molar-refractivity contribution in [1.29, 1.82) is 0 Å². The predicted molar refractivity (Wildman–Crippen MR) is 71.9 cm³/mol. The first-order valence-corrected chi connectivity index (χ1v) is 6.30. The minimum atomic E-state index is -1.04. The molecule has 1 aromatic heterocycles. The zero-order valence-electron chi connectivity index (χ0n) is 11.3. The van der Waals surface area contributed by atoms with Crippen LogP contribution in [0.1, 0.15) is 35.8 Å². The third kappa shape index (κ3) is 3.35. The van der Waals surface area contributed by atoms with Crippen LogP contribution >= 0.6 is 0 Å². The van der Waals surface area contributed by atoms with E-state index in [1.165, 1.54) is 17.7 Å². The highest BCUT2D eigenvalue weighted by molar-refractivity contribution is 5.92. The molecule has 0 amide bonds. The summed E-state index contributed by atoms with van der Waals surface area (Å²) in [5.41, 5.74) is 5.38. The van der Waals surface area contributed by atoms with E-state index in [1.54, 1.807) is 0 Å². The SMILES string of the molecule is CCN.COc1cc(=O)n2c(c1C(=O)O)CCCC2. The van der Waals surface area contributed by atoms with Crippen LogP contribution < -0.4 is 16.0 Å². The Labute approximate surface area is 111 Å². The molecule has 106 valence electrons. The normalized spacial score (nSPS) is 13.0. The molecule has 0 atom stereocenters. The van der Waals surface area contributed by atoms with E-state index in [0.717, 1.165) is 19.4 Å². The third-order valence-corrected chi connectivity index (χ3v) is 2.86. The molecule has 19 heavy (non-hydrogen) atoms. The van der Waals surface area contributed by atoms with Gasteiger partial charge in [0.1, 0.15) is 11.3 Å². The molecule has 3 N–H and O–H groups in total. The zero-order valence-corrected chi connectivity index (χ0v) is 11.3. The van der Waals surface area contributed by atoms with E-state index in [0.29, 0.717) is 18.7 Å². The van der Waals surface area contributed by atoms with Crippen molar-refractivity contribution < 1.29 is 14.6 Å². The van der Waals surface area contributed by atoms with Gasteiger partial charge in [0.2, 0.25) is 0 Å². The number of carbonyl (C=O) groups is 1. The largest absolute Gasteiger partial charge is 0.496 e. The van der Waals surface area contributed by atoms with Gasteiger partial charge in [0.25, 0.3) is 5.56 Å². The first-order chi connectivity index (χ1) is 9.06. The molecular weight excluding hydrogens is 248 g/mol. The molecule has 0 bridgehead atoms. The summed E-state index contributed by atoms with van der Waals surface area (Å²) in [5, 5.41) is 9.15. The summed E-state index contributed by atoms with van der Waals surface area (Å²) in [6, 6.07) is 1.25. The van der Waals surface area contributed by atoms with Gasteiger partial charge in [0.05, 0.1) is 7.11 Å². The van der Waals surface area contributed by atoms with Gasteiger partial charge in [-0.15, -0.1) is 0 Å². The van der Waals surface area contributed by atoms with Crippen LogP contribution in [-0.4, -0.2) is 29.3 Å². The summed E-state index contributed by atoms with van der Waals surface area (Å²) in [6.45, 7) is 3.25. The van der Waals surface area contributed by atoms with Gasteiger partial charge >= 0.3 is 5.97 Å². The van der Waals surface area contributed by atoms with Gasteiger partial charge in [-0.3, -0.25) is 4.79 Å². The Morgan fingerprint density at radius 2 is 2.16 bits per heavy atom. The number of ether oxygens (including phenoxy) is 1. The van der Waals surface area contributed by atoms with Gasteiger partial charge in [-0.25, -0.2) is 4.79 Å². The maximum absolute atomic E-state index is 11.7. The van der Waals surface area contributed by atoms with E-state index in [1.807, 2.05) is 6.92 Å². The molecule has 0 radical (unpaired) electrons. The van der Waals surface area contributed by atoms with Crippen LogP contribution in [0.4, 0.5) is 0 Å². The van der Waals surface area contributed by atoms with Crippen molar-refractivity contribution in [2.75, 3.05) is 13.7 Å². The smallest absolute Gasteiger partial charge is 0.341 e. The first kappa shape index (κ1) is 15.2. The molecule has 2 rings (SSSR count). The summed E-state index contributed by atoms with van der Waals surface area (Å²) >= 11 is 0. The molecule has 1 aliphatic rings. The Morgan fingerprint density at radius 3 is 2.68 bits per heavy atom. The average Bonchev–Trinajstić information content (AvgIpc) is 2.39. The number of fused-ring (bicyclic) bond motifs is 1. The number of hydrogen-bond acceptors (Lipinski definition) is 4. The monoisotopic (exact) mass is 268 g/mol. The fourth-order valence-corrected chi connectivity index (χ4v) is 2.13. The van der Waals surface area contributed by atoms with Crippen LogP contribution in [0.3, 0.4) is 0 Å². The number of rotatable bonds is 2. The van der Waals surface area contributed by atoms with Gasteiger partial charge in [-0.2, -0.15) is 0 Å². The summed E-state index contributed by atoms with van der Waals surface area (Å²) < 4.78 is 6.50. The lowest BCUT2D eigenvalue weighted by Crippen LogP contribution is -2.29. The summed E-state index contributed by atoms with van der Waals surface area (Å²) in [7, 11) is 1.38. The number of nitrogens with two attached hydrogens (primary N) is 1. The lowest BCUT2D eigenvalue weighted by Gasteiger charge is -2.21. The highest BCUT2D eigenvalue weighted by atomic mass is 16.5. The van der Waals surface area contributed by atoms with Crippen LogP contribution in [0.5, 0.6) is 5.75 Å². The maximum atomic E-state index is 11.7. The molecular formula is C13H20N2O4. The van der Waals surface area contributed by atoms with Crippen molar-refractivity contribution >= 4 is 5.97 Å². The topological polar surface area (TPSA) is 94.5 Å². The van der Waals surface area contributed by atoms with Crippen molar-refractivity contribution in [2.24, 2.45) is 5.73 Å². The van der Waals surface area contributed by atoms with Crippen LogP contribution in [0, 0.1) is 0 Å². The lowest BCUT2D eigenvalue weighted by atomic mass is 10.0. The molecule has 0 saturated heterocycles. The molecule has 1 aliphatic heterocycles. The second-order valence-corrected chi connectivity index (χ2v) is 4.19. The molecule has 6 heteroatoms. The number of carboxylic acid groups (broad SMARTS) is 1. The lowest BCUT2D eigenvalue weighted by molar-refractivity contribution is 0.0690. The summed E-state index contributed by atoms with van der Waals surface area (Å²) in [5.74, 6) is -0.881. The van der Waals surface area contributed by atoms with Crippen molar-refractivity contribution in [3.05, 3.63) is 27.7 Å². The number of pyridine rings is 1. The van der Waals surface area contributed by atoms with Gasteiger partial charge < -0.3 is 20.1 Å². The Balaban J connectivity index is 0.000000550. The molecule has 6 nitrogen and oxygen atoms in total. The average molecular weight is 268 g/mol. The quantitative estimate of drug-likeness (QED) is 0.829. The van der Waals surface area contributed by atoms with E-state index in [2.05, 4.69) is 0 Å². The highest BCUT2D eigenvalue weighted by Gasteiger charge is 2.23. The second kappa shape index (κ2) is 6.94. The zero-order chi connectivity index (χ0) is 14.4. The van der Waals surface area contributed by atoms with Crippen molar-refractivity contribution in [1.82, 2.24) is 4.57 Å². The molecule has 0 saturated carbocycles. The van der Waals surface area contributed by atoms with Crippen LogP contribution in [0.15, 0.2) is 10.9 Å². The Morgan fingerprint density at radius 1 is 1.53 bits per heavy atom. The van der Waals surface area contributed by atoms with Gasteiger partial charge in [0.15, 0.2) is 0 Å². The minimum absolute atomic E-state index is 0.127. The standard InChI is InChI=1S/C11H13NO4.C2H7N/c1-16-8-6-9(13)12-5-3-2-4-7(12)10(8)11(14)15;1-2-3/h6H,2-5H2,1H3,(H,14,15);2-3H2,1H3. The van der Waals surface area contributed by atoms with Gasteiger partial charge in [-0.1, -0.05) is 6.92 Å². The van der Waals surface area contributed by atoms with Crippen LogP contribution in [0.25, 0.3) is 0 Å². The molecule has 1 aromatic rings. The maximum Gasteiger partial charge on any atom is 0.341 e. The number of carboxylic acids is 1. The number of nitrogens with zero attached hydrogens (tertiary/aromatic N) is 1. The molecule has 0 aromatic carbocycles. The van der Waals surface area contributed by atoms with E-state index < -0.39 is 5.97 Å². The predicted octanol–water partition coefficient (Wildman–Crippen LogP) is 0.856. The van der Waals surface area contributed by atoms with E-state index in [-0.39, 0.29) is 16.9 Å². The van der Waals surface area contributed by atoms with Crippen molar-refractivity contribution in [3.63, 3.8) is 0 Å². The Hall–Kier alpha value is -1.82.